The SMILES string of the molecule is CC(C)(C)c1ccc(S(=O)(=O)N2c3ccccc3C[C@H]2C(=O)NCc2ccc(NCC(=O)O)cc2)cc1. The molecule has 9 heteroatoms. The molecule has 0 saturated heterocycles. The number of benzene rings is 3. The highest BCUT2D eigenvalue weighted by molar-refractivity contribution is 7.93. The third-order valence-corrected chi connectivity index (χ3v) is 8.21. The molecule has 8 nitrogen and oxygen atoms in total. The Morgan fingerprint density at radius 2 is 1.62 bits per heavy atom. The number of rotatable bonds is 8. The minimum absolute atomic E-state index is 0.116. The predicted octanol–water partition coefficient (Wildman–Crippen LogP) is 3.92. The first kappa shape index (κ1) is 26.2. The first-order chi connectivity index (χ1) is 17.5. The van der Waals surface area contributed by atoms with Gasteiger partial charge in [-0.3, -0.25) is 13.9 Å². The van der Waals surface area contributed by atoms with Crippen LogP contribution in [0.1, 0.15) is 37.5 Å². The van der Waals surface area contributed by atoms with Gasteiger partial charge in [0.25, 0.3) is 10.0 Å². The Morgan fingerprint density at radius 1 is 0.973 bits per heavy atom. The summed E-state index contributed by atoms with van der Waals surface area (Å²) >= 11 is 0. The maximum absolute atomic E-state index is 13.8. The largest absolute Gasteiger partial charge is 0.480 e. The second kappa shape index (κ2) is 10.3. The van der Waals surface area contributed by atoms with Crippen molar-refractivity contribution in [2.24, 2.45) is 0 Å². The average Bonchev–Trinajstić information content (AvgIpc) is 3.27. The first-order valence-electron chi connectivity index (χ1n) is 12.0. The summed E-state index contributed by atoms with van der Waals surface area (Å²) in [7, 11) is -3.99. The first-order valence-corrected chi connectivity index (χ1v) is 13.5. The molecule has 1 atom stereocenters. The second-order valence-corrected chi connectivity index (χ2v) is 11.9. The summed E-state index contributed by atoms with van der Waals surface area (Å²) in [5, 5.41) is 14.4. The highest BCUT2D eigenvalue weighted by Crippen LogP contribution is 2.37. The number of carboxylic acid groups (broad SMARTS) is 1. The van der Waals surface area contributed by atoms with Crippen LogP contribution < -0.4 is 14.9 Å². The molecule has 0 fully saturated rings. The van der Waals surface area contributed by atoms with Crippen LogP contribution in [0.3, 0.4) is 0 Å². The lowest BCUT2D eigenvalue weighted by Crippen LogP contribution is -2.47. The van der Waals surface area contributed by atoms with Crippen LogP contribution in [-0.2, 0) is 38.0 Å². The van der Waals surface area contributed by atoms with Crippen LogP contribution in [0, 0.1) is 0 Å². The Kier molecular flexibility index (Phi) is 7.27. The molecule has 1 heterocycles. The number of carboxylic acids is 1. The van der Waals surface area contributed by atoms with Gasteiger partial charge in [0.1, 0.15) is 12.6 Å². The smallest absolute Gasteiger partial charge is 0.322 e. The van der Waals surface area contributed by atoms with E-state index in [-0.39, 0.29) is 35.7 Å². The number of fused-ring (bicyclic) bond motifs is 1. The molecule has 1 aliphatic heterocycles. The van der Waals surface area contributed by atoms with Gasteiger partial charge in [-0.2, -0.15) is 0 Å². The Bertz CT molecular complexity index is 1390. The number of sulfonamides is 1. The number of nitrogens with one attached hydrogen (secondary N) is 2. The minimum atomic E-state index is -3.99. The number of hydrogen-bond acceptors (Lipinski definition) is 5. The van der Waals surface area contributed by atoms with E-state index in [1.807, 2.05) is 24.3 Å². The maximum atomic E-state index is 13.8. The highest BCUT2D eigenvalue weighted by Gasteiger charge is 2.42. The average molecular weight is 522 g/mol. The van der Waals surface area contributed by atoms with Gasteiger partial charge in [-0.05, 0) is 52.4 Å². The molecule has 194 valence electrons. The number of nitrogens with zero attached hydrogens (tertiary/aromatic N) is 1. The minimum Gasteiger partial charge on any atom is -0.480 e. The quantitative estimate of drug-likeness (QED) is 0.414. The summed E-state index contributed by atoms with van der Waals surface area (Å²) in [6, 6.07) is 20.1. The van der Waals surface area contributed by atoms with Crippen molar-refractivity contribution in [3.63, 3.8) is 0 Å². The van der Waals surface area contributed by atoms with Crippen LogP contribution in [0.25, 0.3) is 0 Å². The number of aliphatic carboxylic acids is 1. The molecule has 0 spiro atoms. The monoisotopic (exact) mass is 521 g/mol. The van der Waals surface area contributed by atoms with Gasteiger partial charge in [-0.25, -0.2) is 8.42 Å². The van der Waals surface area contributed by atoms with Crippen LogP contribution in [0.15, 0.2) is 77.7 Å². The number of carbonyl (C=O) groups is 2. The lowest BCUT2D eigenvalue weighted by molar-refractivity contribution is -0.135. The molecule has 0 bridgehead atoms. The zero-order valence-corrected chi connectivity index (χ0v) is 21.9. The van der Waals surface area contributed by atoms with Crippen LogP contribution >= 0.6 is 0 Å². The van der Waals surface area contributed by atoms with E-state index >= 15 is 0 Å². The molecule has 3 N–H and O–H groups in total. The van der Waals surface area contributed by atoms with Gasteiger partial charge >= 0.3 is 5.97 Å². The van der Waals surface area contributed by atoms with Gasteiger partial charge in [-0.1, -0.05) is 63.2 Å². The standard InChI is InChI=1S/C28H31N3O5S/c1-28(2,3)21-10-14-23(15-11-21)37(35,36)31-24-7-5-4-6-20(24)16-25(31)27(34)30-17-19-8-12-22(13-9-19)29-18-26(32)33/h4-15,25,29H,16-18H2,1-3H3,(H,30,34)(H,32,33)/t25-/m0/s1. The summed E-state index contributed by atoms with van der Waals surface area (Å²) < 4.78 is 28.8. The van der Waals surface area contributed by atoms with Crippen LogP contribution in [0.5, 0.6) is 0 Å². The summed E-state index contributed by atoms with van der Waals surface area (Å²) in [5.41, 5.74) is 3.67. The molecular formula is C28H31N3O5S. The maximum Gasteiger partial charge on any atom is 0.322 e. The van der Waals surface area contributed by atoms with E-state index in [0.29, 0.717) is 11.4 Å². The molecule has 0 unspecified atom stereocenters. The highest BCUT2D eigenvalue weighted by atomic mass is 32.2. The van der Waals surface area contributed by atoms with Gasteiger partial charge in [0.15, 0.2) is 0 Å². The zero-order chi connectivity index (χ0) is 26.8. The lowest BCUT2D eigenvalue weighted by atomic mass is 9.87. The summed E-state index contributed by atoms with van der Waals surface area (Å²) in [6.45, 7) is 6.20. The third-order valence-electron chi connectivity index (χ3n) is 6.37. The van der Waals surface area contributed by atoms with Crippen molar-refractivity contribution in [1.82, 2.24) is 5.32 Å². The van der Waals surface area contributed by atoms with Gasteiger partial charge in [0.2, 0.25) is 5.91 Å². The van der Waals surface area contributed by atoms with E-state index in [2.05, 4.69) is 31.4 Å². The molecule has 3 aromatic carbocycles. The molecule has 3 aromatic rings. The van der Waals surface area contributed by atoms with Crippen molar-refractivity contribution in [3.05, 3.63) is 89.5 Å². The Balaban J connectivity index is 1.54. The molecular weight excluding hydrogens is 490 g/mol. The topological polar surface area (TPSA) is 116 Å². The molecule has 0 radical (unpaired) electrons. The van der Waals surface area contributed by atoms with E-state index in [9.17, 15) is 18.0 Å². The van der Waals surface area contributed by atoms with Crippen molar-refractivity contribution in [2.75, 3.05) is 16.2 Å². The van der Waals surface area contributed by atoms with Crippen LogP contribution in [0.2, 0.25) is 0 Å². The number of anilines is 2. The van der Waals surface area contributed by atoms with Crippen LogP contribution in [0.4, 0.5) is 11.4 Å². The van der Waals surface area contributed by atoms with Crippen molar-refractivity contribution < 1.29 is 23.1 Å². The van der Waals surface area contributed by atoms with Gasteiger partial charge < -0.3 is 15.7 Å². The molecule has 0 aliphatic carbocycles. The number of hydrogen-bond donors (Lipinski definition) is 3. The molecule has 0 aromatic heterocycles. The van der Waals surface area contributed by atoms with Crippen molar-refractivity contribution >= 4 is 33.3 Å². The van der Waals surface area contributed by atoms with Gasteiger partial charge in [-0.15, -0.1) is 0 Å². The summed E-state index contributed by atoms with van der Waals surface area (Å²) in [4.78, 5) is 24.2. The fourth-order valence-corrected chi connectivity index (χ4v) is 5.97. The fraction of sp³-hybridized carbons (Fsp3) is 0.286. The fourth-order valence-electron chi connectivity index (χ4n) is 4.32. The Hall–Kier alpha value is -3.85. The van der Waals surface area contributed by atoms with E-state index in [4.69, 9.17) is 5.11 Å². The second-order valence-electron chi connectivity index (χ2n) is 10.1. The van der Waals surface area contributed by atoms with E-state index < -0.39 is 22.0 Å². The van der Waals surface area contributed by atoms with E-state index in [0.717, 1.165) is 16.7 Å². The number of carbonyl (C=O) groups excluding carboxylic acids is 1. The molecule has 1 aliphatic rings. The third kappa shape index (κ3) is 5.77. The van der Waals surface area contributed by atoms with Crippen molar-refractivity contribution in [1.29, 1.82) is 0 Å². The summed E-state index contributed by atoms with van der Waals surface area (Å²) in [5.74, 6) is -1.35. The van der Waals surface area contributed by atoms with E-state index in [1.54, 1.807) is 48.5 Å². The Morgan fingerprint density at radius 3 is 2.24 bits per heavy atom. The van der Waals surface area contributed by atoms with E-state index in [1.165, 1.54) is 4.31 Å². The molecule has 4 rings (SSSR count). The van der Waals surface area contributed by atoms with Crippen molar-refractivity contribution in [2.45, 2.75) is 50.1 Å². The lowest BCUT2D eigenvalue weighted by Gasteiger charge is -2.27. The number of para-hydroxylation sites is 1. The normalized spacial score (nSPS) is 15.2. The predicted molar refractivity (Wildman–Crippen MR) is 143 cm³/mol. The van der Waals surface area contributed by atoms with Crippen molar-refractivity contribution in [3.8, 4) is 0 Å². The molecule has 1 amide bonds. The Labute approximate surface area is 217 Å². The number of amides is 1. The summed E-state index contributed by atoms with van der Waals surface area (Å²) in [6.07, 6.45) is 0.277. The zero-order valence-electron chi connectivity index (χ0n) is 21.1. The molecule has 37 heavy (non-hydrogen) atoms. The van der Waals surface area contributed by atoms with Gasteiger partial charge in [0, 0.05) is 18.7 Å². The molecule has 0 saturated carbocycles. The van der Waals surface area contributed by atoms with Crippen LogP contribution in [-0.4, -0.2) is 38.0 Å². The van der Waals surface area contributed by atoms with Gasteiger partial charge in [0.05, 0.1) is 10.6 Å².